The SMILES string of the molecule is CCCOc1ccc(C=O)c(OCC(=O)N2CCN(c3ccc(OC)cc3)CC2)c1. The minimum absolute atomic E-state index is 0.0962. The molecule has 0 N–H and O–H groups in total. The van der Waals surface area contributed by atoms with Crippen LogP contribution in [0.3, 0.4) is 0 Å². The zero-order chi connectivity index (χ0) is 21.3. The van der Waals surface area contributed by atoms with Gasteiger partial charge in [0, 0.05) is 37.9 Å². The molecule has 0 unspecified atom stereocenters. The van der Waals surface area contributed by atoms with Crippen LogP contribution in [0.4, 0.5) is 5.69 Å². The largest absolute Gasteiger partial charge is 0.497 e. The molecule has 1 amide bonds. The Kier molecular flexibility index (Phi) is 7.54. The number of benzene rings is 2. The summed E-state index contributed by atoms with van der Waals surface area (Å²) in [6.07, 6.45) is 1.60. The molecule has 0 atom stereocenters. The summed E-state index contributed by atoms with van der Waals surface area (Å²) in [4.78, 5) is 27.9. The van der Waals surface area contributed by atoms with Gasteiger partial charge in [0.25, 0.3) is 5.91 Å². The van der Waals surface area contributed by atoms with Gasteiger partial charge in [-0.3, -0.25) is 9.59 Å². The van der Waals surface area contributed by atoms with Gasteiger partial charge in [0.15, 0.2) is 12.9 Å². The van der Waals surface area contributed by atoms with Crippen LogP contribution in [-0.4, -0.2) is 63.6 Å². The fourth-order valence-electron chi connectivity index (χ4n) is 3.28. The molecule has 1 heterocycles. The normalized spacial score (nSPS) is 13.7. The molecule has 0 saturated carbocycles. The lowest BCUT2D eigenvalue weighted by molar-refractivity contribution is -0.133. The van der Waals surface area contributed by atoms with Crippen LogP contribution in [0.1, 0.15) is 23.7 Å². The second-order valence-electron chi connectivity index (χ2n) is 7.02. The topological polar surface area (TPSA) is 68.3 Å². The number of nitrogens with zero attached hydrogens (tertiary/aromatic N) is 2. The third-order valence-corrected chi connectivity index (χ3v) is 5.01. The molecule has 2 aromatic rings. The monoisotopic (exact) mass is 412 g/mol. The standard InChI is InChI=1S/C23H28N2O5/c1-3-14-29-21-7-4-18(16-26)22(15-21)30-17-23(27)25-12-10-24(11-13-25)19-5-8-20(28-2)9-6-19/h4-9,15-16H,3,10-14,17H2,1-2H3. The highest BCUT2D eigenvalue weighted by Crippen LogP contribution is 2.24. The molecule has 0 radical (unpaired) electrons. The molecule has 7 nitrogen and oxygen atoms in total. The Balaban J connectivity index is 1.52. The zero-order valence-corrected chi connectivity index (χ0v) is 17.5. The van der Waals surface area contributed by atoms with E-state index < -0.39 is 0 Å². The minimum atomic E-state index is -0.111. The molecule has 1 aliphatic rings. The molecular formula is C23H28N2O5. The van der Waals surface area contributed by atoms with E-state index in [0.29, 0.717) is 36.8 Å². The van der Waals surface area contributed by atoms with Crippen LogP contribution in [0, 0.1) is 0 Å². The number of hydrogen-bond donors (Lipinski definition) is 0. The first-order valence-corrected chi connectivity index (χ1v) is 10.2. The fraction of sp³-hybridized carbons (Fsp3) is 0.391. The second-order valence-corrected chi connectivity index (χ2v) is 7.02. The number of aldehydes is 1. The van der Waals surface area contributed by atoms with E-state index in [2.05, 4.69) is 4.90 Å². The summed E-state index contributed by atoms with van der Waals surface area (Å²) in [5, 5.41) is 0. The fourth-order valence-corrected chi connectivity index (χ4v) is 3.28. The van der Waals surface area contributed by atoms with Crippen LogP contribution in [0.5, 0.6) is 17.2 Å². The molecule has 0 spiro atoms. The average molecular weight is 412 g/mol. The molecule has 7 heteroatoms. The summed E-state index contributed by atoms with van der Waals surface area (Å²) in [5.74, 6) is 1.71. The van der Waals surface area contributed by atoms with Crippen molar-refractivity contribution in [3.8, 4) is 17.2 Å². The molecule has 0 bridgehead atoms. The van der Waals surface area contributed by atoms with Crippen LogP contribution in [0.25, 0.3) is 0 Å². The molecule has 2 aromatic carbocycles. The number of rotatable bonds is 9. The summed E-state index contributed by atoms with van der Waals surface area (Å²) in [5.41, 5.74) is 1.51. The van der Waals surface area contributed by atoms with Gasteiger partial charge in [-0.2, -0.15) is 0 Å². The van der Waals surface area contributed by atoms with Gasteiger partial charge in [-0.15, -0.1) is 0 Å². The number of piperazine rings is 1. The van der Waals surface area contributed by atoms with Crippen molar-refractivity contribution in [3.63, 3.8) is 0 Å². The maximum atomic E-state index is 12.6. The van der Waals surface area contributed by atoms with Crippen LogP contribution in [0.2, 0.25) is 0 Å². The van der Waals surface area contributed by atoms with E-state index in [1.807, 2.05) is 31.2 Å². The third kappa shape index (κ3) is 5.43. The lowest BCUT2D eigenvalue weighted by Crippen LogP contribution is -2.50. The number of carbonyl (C=O) groups excluding carboxylic acids is 2. The highest BCUT2D eigenvalue weighted by atomic mass is 16.5. The first-order chi connectivity index (χ1) is 14.6. The third-order valence-electron chi connectivity index (χ3n) is 5.01. The van der Waals surface area contributed by atoms with Gasteiger partial charge in [0.05, 0.1) is 19.3 Å². The lowest BCUT2D eigenvalue weighted by atomic mass is 10.2. The molecule has 30 heavy (non-hydrogen) atoms. The Hall–Kier alpha value is -3.22. The molecule has 1 aliphatic heterocycles. The first-order valence-electron chi connectivity index (χ1n) is 10.2. The maximum Gasteiger partial charge on any atom is 0.260 e. The van der Waals surface area contributed by atoms with Crippen molar-refractivity contribution in [1.82, 2.24) is 4.90 Å². The maximum absolute atomic E-state index is 12.6. The summed E-state index contributed by atoms with van der Waals surface area (Å²) in [7, 11) is 1.65. The molecule has 1 saturated heterocycles. The molecule has 0 aromatic heterocycles. The summed E-state index contributed by atoms with van der Waals surface area (Å²) in [6, 6.07) is 12.9. The van der Waals surface area contributed by atoms with Crippen molar-refractivity contribution in [2.24, 2.45) is 0 Å². The number of amides is 1. The van der Waals surface area contributed by atoms with Crippen molar-refractivity contribution >= 4 is 17.9 Å². The minimum Gasteiger partial charge on any atom is -0.497 e. The van der Waals surface area contributed by atoms with Crippen molar-refractivity contribution in [2.75, 3.05) is 51.4 Å². The second kappa shape index (κ2) is 10.5. The van der Waals surface area contributed by atoms with Crippen molar-refractivity contribution in [1.29, 1.82) is 0 Å². The molecule has 3 rings (SSSR count). The predicted octanol–water partition coefficient (Wildman–Crippen LogP) is 3.02. The van der Waals surface area contributed by atoms with E-state index in [1.54, 1.807) is 30.2 Å². The summed E-state index contributed by atoms with van der Waals surface area (Å²) >= 11 is 0. The van der Waals surface area contributed by atoms with E-state index in [0.717, 1.165) is 37.2 Å². The number of anilines is 1. The van der Waals surface area contributed by atoms with Gasteiger partial charge in [0.2, 0.25) is 0 Å². The summed E-state index contributed by atoms with van der Waals surface area (Å²) < 4.78 is 16.4. The van der Waals surface area contributed by atoms with Crippen molar-refractivity contribution in [3.05, 3.63) is 48.0 Å². The average Bonchev–Trinajstić information content (AvgIpc) is 2.81. The van der Waals surface area contributed by atoms with Crippen LogP contribution in [-0.2, 0) is 4.79 Å². The Labute approximate surface area is 177 Å². The van der Waals surface area contributed by atoms with Crippen LogP contribution < -0.4 is 19.1 Å². The number of ether oxygens (including phenoxy) is 3. The number of carbonyl (C=O) groups is 2. The summed E-state index contributed by atoms with van der Waals surface area (Å²) in [6.45, 7) is 5.22. The lowest BCUT2D eigenvalue weighted by Gasteiger charge is -2.36. The molecule has 1 fully saturated rings. The van der Waals surface area contributed by atoms with E-state index >= 15 is 0 Å². The van der Waals surface area contributed by atoms with Gasteiger partial charge >= 0.3 is 0 Å². The molecule has 0 aliphatic carbocycles. The Bertz CT molecular complexity index is 845. The van der Waals surface area contributed by atoms with Crippen LogP contribution in [0.15, 0.2) is 42.5 Å². The van der Waals surface area contributed by atoms with Crippen molar-refractivity contribution < 1.29 is 23.8 Å². The zero-order valence-electron chi connectivity index (χ0n) is 17.5. The first kappa shape index (κ1) is 21.5. The highest BCUT2D eigenvalue weighted by molar-refractivity contribution is 5.81. The van der Waals surface area contributed by atoms with E-state index in [1.165, 1.54) is 0 Å². The number of methoxy groups -OCH3 is 1. The highest BCUT2D eigenvalue weighted by Gasteiger charge is 2.22. The molecule has 160 valence electrons. The van der Waals surface area contributed by atoms with Gasteiger partial charge in [-0.1, -0.05) is 6.92 Å². The number of hydrogen-bond acceptors (Lipinski definition) is 6. The Morgan fingerprint density at radius 3 is 2.33 bits per heavy atom. The van der Waals surface area contributed by atoms with Gasteiger partial charge < -0.3 is 24.0 Å². The molecular weight excluding hydrogens is 384 g/mol. The Morgan fingerprint density at radius 1 is 1.00 bits per heavy atom. The van der Waals surface area contributed by atoms with Gasteiger partial charge in [-0.05, 0) is 42.8 Å². The predicted molar refractivity (Wildman–Crippen MR) is 115 cm³/mol. The van der Waals surface area contributed by atoms with Gasteiger partial charge in [-0.25, -0.2) is 0 Å². The van der Waals surface area contributed by atoms with Gasteiger partial charge in [0.1, 0.15) is 17.2 Å². The quantitative estimate of drug-likeness (QED) is 0.590. The smallest absolute Gasteiger partial charge is 0.260 e. The Morgan fingerprint density at radius 2 is 1.70 bits per heavy atom. The van der Waals surface area contributed by atoms with E-state index in [-0.39, 0.29) is 12.5 Å². The van der Waals surface area contributed by atoms with Crippen LogP contribution >= 0.6 is 0 Å². The van der Waals surface area contributed by atoms with E-state index in [4.69, 9.17) is 14.2 Å². The van der Waals surface area contributed by atoms with E-state index in [9.17, 15) is 9.59 Å². The van der Waals surface area contributed by atoms with Crippen molar-refractivity contribution in [2.45, 2.75) is 13.3 Å².